The first-order valence-electron chi connectivity index (χ1n) is 6.67. The summed E-state index contributed by atoms with van der Waals surface area (Å²) < 4.78 is 22.6. The van der Waals surface area contributed by atoms with Crippen molar-refractivity contribution in [2.75, 3.05) is 11.9 Å². The fraction of sp³-hybridized carbons (Fsp3) is 0.500. The fourth-order valence-corrected chi connectivity index (χ4v) is 2.22. The van der Waals surface area contributed by atoms with Gasteiger partial charge in [-0.05, 0) is 45.4 Å². The zero-order valence-electron chi connectivity index (χ0n) is 12.9. The van der Waals surface area contributed by atoms with Crippen molar-refractivity contribution in [3.63, 3.8) is 0 Å². The van der Waals surface area contributed by atoms with E-state index in [4.69, 9.17) is 5.14 Å². The van der Waals surface area contributed by atoms with Crippen molar-refractivity contribution >= 4 is 21.6 Å². The van der Waals surface area contributed by atoms with Crippen molar-refractivity contribution in [3.05, 3.63) is 23.8 Å². The maximum absolute atomic E-state index is 11.9. The molecule has 118 valence electrons. The molecule has 0 fully saturated rings. The molecule has 7 heteroatoms. The van der Waals surface area contributed by atoms with E-state index in [1.165, 1.54) is 12.1 Å². The van der Waals surface area contributed by atoms with Crippen LogP contribution in [0.4, 0.5) is 5.69 Å². The number of sulfonamides is 1. The largest absolute Gasteiger partial charge is 0.326 e. The van der Waals surface area contributed by atoms with Gasteiger partial charge in [-0.2, -0.15) is 0 Å². The fourth-order valence-electron chi connectivity index (χ4n) is 1.68. The van der Waals surface area contributed by atoms with Gasteiger partial charge >= 0.3 is 0 Å². The monoisotopic (exact) mass is 313 g/mol. The summed E-state index contributed by atoms with van der Waals surface area (Å²) in [5.74, 6) is -0.179. The second-order valence-electron chi connectivity index (χ2n) is 6.00. The topological polar surface area (TPSA) is 101 Å². The first kappa shape index (κ1) is 17.6. The average molecular weight is 313 g/mol. The first-order valence-corrected chi connectivity index (χ1v) is 8.22. The molecule has 1 rings (SSSR count). The second-order valence-corrected chi connectivity index (χ2v) is 7.56. The Hall–Kier alpha value is -1.44. The summed E-state index contributed by atoms with van der Waals surface area (Å²) in [6.07, 6.45) is 0.302. The first-order chi connectivity index (χ1) is 9.49. The quantitative estimate of drug-likeness (QED) is 0.764. The van der Waals surface area contributed by atoms with Gasteiger partial charge in [0, 0.05) is 24.2 Å². The van der Waals surface area contributed by atoms with Crippen molar-refractivity contribution < 1.29 is 13.2 Å². The SMILES string of the molecule is Cc1ccc(S(N)(=O)=O)cc1NC(=O)CCNC(C)(C)C. The van der Waals surface area contributed by atoms with Crippen molar-refractivity contribution in [1.82, 2.24) is 5.32 Å². The molecule has 6 nitrogen and oxygen atoms in total. The highest BCUT2D eigenvalue weighted by atomic mass is 32.2. The van der Waals surface area contributed by atoms with E-state index in [2.05, 4.69) is 10.6 Å². The Morgan fingerprint density at radius 2 is 1.90 bits per heavy atom. The Balaban J connectivity index is 2.72. The van der Waals surface area contributed by atoms with Crippen LogP contribution in [0.15, 0.2) is 23.1 Å². The number of primary sulfonamides is 1. The molecule has 1 aromatic carbocycles. The Bertz CT molecular complexity index is 619. The lowest BCUT2D eigenvalue weighted by molar-refractivity contribution is -0.116. The third-order valence-corrected chi connectivity index (χ3v) is 3.73. The van der Waals surface area contributed by atoms with E-state index >= 15 is 0 Å². The summed E-state index contributed by atoms with van der Waals surface area (Å²) in [6.45, 7) is 8.39. The van der Waals surface area contributed by atoms with Gasteiger partial charge in [0.15, 0.2) is 0 Å². The van der Waals surface area contributed by atoms with Crippen LogP contribution in [0, 0.1) is 6.92 Å². The number of anilines is 1. The number of hydrogen-bond donors (Lipinski definition) is 3. The number of nitrogens with one attached hydrogen (secondary N) is 2. The van der Waals surface area contributed by atoms with Crippen LogP contribution in [-0.2, 0) is 14.8 Å². The summed E-state index contributed by atoms with van der Waals surface area (Å²) >= 11 is 0. The van der Waals surface area contributed by atoms with Gasteiger partial charge in [0.1, 0.15) is 0 Å². The third-order valence-electron chi connectivity index (χ3n) is 2.82. The van der Waals surface area contributed by atoms with Crippen LogP contribution in [0.25, 0.3) is 0 Å². The number of hydrogen-bond acceptors (Lipinski definition) is 4. The number of benzene rings is 1. The van der Waals surface area contributed by atoms with Gasteiger partial charge in [0.05, 0.1) is 4.90 Å². The van der Waals surface area contributed by atoms with E-state index in [9.17, 15) is 13.2 Å². The highest BCUT2D eigenvalue weighted by molar-refractivity contribution is 7.89. The van der Waals surface area contributed by atoms with E-state index in [1.54, 1.807) is 13.0 Å². The predicted molar refractivity (Wildman–Crippen MR) is 83.6 cm³/mol. The standard InChI is InChI=1S/C14H23N3O3S/c1-10-5-6-11(21(15,19)20)9-12(10)17-13(18)7-8-16-14(2,3)4/h5-6,9,16H,7-8H2,1-4H3,(H,17,18)(H2,15,19,20). The minimum Gasteiger partial charge on any atom is -0.326 e. The summed E-state index contributed by atoms with van der Waals surface area (Å²) in [7, 11) is -3.78. The Labute approximate surface area is 126 Å². The highest BCUT2D eigenvalue weighted by Crippen LogP contribution is 2.19. The van der Waals surface area contributed by atoms with Crippen LogP contribution in [0.2, 0.25) is 0 Å². The van der Waals surface area contributed by atoms with Crippen LogP contribution in [0.5, 0.6) is 0 Å². The molecule has 0 unspecified atom stereocenters. The van der Waals surface area contributed by atoms with E-state index < -0.39 is 10.0 Å². The molecule has 0 saturated carbocycles. The maximum atomic E-state index is 11.9. The summed E-state index contributed by atoms with van der Waals surface area (Å²) in [5, 5.41) is 11.0. The molecule has 0 aliphatic carbocycles. The van der Waals surface area contributed by atoms with Crippen molar-refractivity contribution in [2.45, 2.75) is 44.6 Å². The number of carbonyl (C=O) groups is 1. The van der Waals surface area contributed by atoms with E-state index in [-0.39, 0.29) is 16.3 Å². The minimum atomic E-state index is -3.78. The molecule has 1 aromatic rings. The molecular formula is C14H23N3O3S. The summed E-state index contributed by atoms with van der Waals surface area (Å²) in [4.78, 5) is 11.9. The molecule has 0 bridgehead atoms. The predicted octanol–water partition coefficient (Wildman–Crippen LogP) is 1.36. The van der Waals surface area contributed by atoms with Crippen LogP contribution >= 0.6 is 0 Å². The molecule has 0 saturated heterocycles. The highest BCUT2D eigenvalue weighted by Gasteiger charge is 2.13. The number of amides is 1. The van der Waals surface area contributed by atoms with Gasteiger partial charge in [0.2, 0.25) is 15.9 Å². The smallest absolute Gasteiger partial charge is 0.238 e. The van der Waals surface area contributed by atoms with Gasteiger partial charge in [-0.25, -0.2) is 13.6 Å². The second kappa shape index (κ2) is 6.55. The Morgan fingerprint density at radius 3 is 2.43 bits per heavy atom. The molecule has 4 N–H and O–H groups in total. The minimum absolute atomic E-state index is 0.0174. The summed E-state index contributed by atoms with van der Waals surface area (Å²) in [6, 6.07) is 4.41. The lowest BCUT2D eigenvalue weighted by atomic mass is 10.1. The van der Waals surface area contributed by atoms with Crippen molar-refractivity contribution in [1.29, 1.82) is 0 Å². The molecule has 0 aliphatic heterocycles. The molecule has 0 radical (unpaired) electrons. The lowest BCUT2D eigenvalue weighted by Gasteiger charge is -2.20. The maximum Gasteiger partial charge on any atom is 0.238 e. The molecular weight excluding hydrogens is 290 g/mol. The van der Waals surface area contributed by atoms with Gasteiger partial charge < -0.3 is 10.6 Å². The van der Waals surface area contributed by atoms with Crippen molar-refractivity contribution in [3.8, 4) is 0 Å². The van der Waals surface area contributed by atoms with Crippen LogP contribution in [0.3, 0.4) is 0 Å². The Kier molecular flexibility index (Phi) is 5.49. The van der Waals surface area contributed by atoms with Gasteiger partial charge in [-0.3, -0.25) is 4.79 Å². The number of rotatable bonds is 5. The normalized spacial score (nSPS) is 12.2. The summed E-state index contributed by atoms with van der Waals surface area (Å²) in [5.41, 5.74) is 1.19. The number of aryl methyl sites for hydroxylation is 1. The molecule has 0 spiro atoms. The molecule has 1 amide bonds. The van der Waals surface area contributed by atoms with E-state index in [0.29, 0.717) is 18.7 Å². The van der Waals surface area contributed by atoms with Gasteiger partial charge in [0.25, 0.3) is 0 Å². The Morgan fingerprint density at radius 1 is 1.29 bits per heavy atom. The molecule has 0 heterocycles. The zero-order valence-corrected chi connectivity index (χ0v) is 13.7. The van der Waals surface area contributed by atoms with Crippen LogP contribution < -0.4 is 15.8 Å². The van der Waals surface area contributed by atoms with Crippen LogP contribution in [0.1, 0.15) is 32.8 Å². The van der Waals surface area contributed by atoms with Crippen molar-refractivity contribution in [2.24, 2.45) is 5.14 Å². The van der Waals surface area contributed by atoms with Crippen LogP contribution in [-0.4, -0.2) is 26.4 Å². The number of nitrogens with two attached hydrogens (primary N) is 1. The molecule has 0 atom stereocenters. The zero-order chi connectivity index (χ0) is 16.3. The average Bonchev–Trinajstić information content (AvgIpc) is 2.28. The number of carbonyl (C=O) groups excluding carboxylic acids is 1. The lowest BCUT2D eigenvalue weighted by Crippen LogP contribution is -2.37. The van der Waals surface area contributed by atoms with Gasteiger partial charge in [-0.15, -0.1) is 0 Å². The molecule has 0 aromatic heterocycles. The third kappa shape index (κ3) is 6.24. The van der Waals surface area contributed by atoms with E-state index in [0.717, 1.165) is 5.56 Å². The molecule has 0 aliphatic rings. The van der Waals surface area contributed by atoms with E-state index in [1.807, 2.05) is 20.8 Å². The molecule has 21 heavy (non-hydrogen) atoms. The van der Waals surface area contributed by atoms with Gasteiger partial charge in [-0.1, -0.05) is 6.07 Å².